The highest BCUT2D eigenvalue weighted by molar-refractivity contribution is 5.58. The second-order valence-electron chi connectivity index (χ2n) is 12.2. The van der Waals surface area contributed by atoms with E-state index in [0.717, 1.165) is 31.6 Å². The van der Waals surface area contributed by atoms with Crippen molar-refractivity contribution in [2.45, 2.75) is 83.2 Å². The van der Waals surface area contributed by atoms with E-state index in [9.17, 15) is 26.3 Å². The van der Waals surface area contributed by atoms with Crippen LogP contribution in [0.2, 0.25) is 0 Å². The summed E-state index contributed by atoms with van der Waals surface area (Å²) in [7, 11) is 2.17. The topological polar surface area (TPSA) is 6.48 Å². The summed E-state index contributed by atoms with van der Waals surface area (Å²) in [5, 5.41) is 0. The molecule has 2 fully saturated rings. The number of piperidine rings is 1. The highest BCUT2D eigenvalue weighted by atomic mass is 19.4. The number of hydrogen-bond acceptors (Lipinski definition) is 2. The Balaban J connectivity index is 1.27. The number of alkyl halides is 6. The van der Waals surface area contributed by atoms with E-state index in [1.165, 1.54) is 29.7 Å². The number of rotatable bonds is 6. The van der Waals surface area contributed by atoms with Gasteiger partial charge in [-0.05, 0) is 116 Å². The molecule has 2 aromatic rings. The summed E-state index contributed by atoms with van der Waals surface area (Å²) in [6.07, 6.45) is -3.06. The van der Waals surface area contributed by atoms with Crippen LogP contribution in [0.1, 0.15) is 79.7 Å². The molecule has 1 saturated carbocycles. The van der Waals surface area contributed by atoms with Gasteiger partial charge in [0.05, 0.1) is 11.1 Å². The molecule has 2 aromatic carbocycles. The summed E-state index contributed by atoms with van der Waals surface area (Å²) in [4.78, 5) is 4.29. The molecule has 0 spiro atoms. The third-order valence-electron chi connectivity index (χ3n) is 9.24. The molecule has 0 amide bonds. The van der Waals surface area contributed by atoms with Gasteiger partial charge in [0.1, 0.15) is 0 Å². The van der Waals surface area contributed by atoms with Crippen LogP contribution in [-0.4, -0.2) is 31.1 Å². The van der Waals surface area contributed by atoms with Crippen LogP contribution in [-0.2, 0) is 25.3 Å². The number of aryl methyl sites for hydroxylation is 1. The molecular weight excluding hydrogens is 514 g/mol. The second-order valence-corrected chi connectivity index (χ2v) is 12.2. The van der Waals surface area contributed by atoms with Gasteiger partial charge >= 0.3 is 12.4 Å². The van der Waals surface area contributed by atoms with E-state index in [4.69, 9.17) is 0 Å². The van der Waals surface area contributed by atoms with E-state index in [1.807, 2.05) is 4.90 Å². The minimum atomic E-state index is -4.69. The van der Waals surface area contributed by atoms with Crippen LogP contribution in [0.3, 0.4) is 0 Å². The Labute approximate surface area is 227 Å². The van der Waals surface area contributed by atoms with Gasteiger partial charge in [-0.1, -0.05) is 26.0 Å². The van der Waals surface area contributed by atoms with Gasteiger partial charge in [-0.3, -0.25) is 4.90 Å². The maximum Gasteiger partial charge on any atom is 0.416 e. The smallest absolute Gasteiger partial charge is 0.371 e. The number of hydrogen-bond donors (Lipinski definition) is 0. The Hall–Kier alpha value is -2.22. The first kappa shape index (κ1) is 28.3. The molecule has 5 rings (SSSR count). The zero-order valence-corrected chi connectivity index (χ0v) is 22.9. The molecule has 214 valence electrons. The lowest BCUT2D eigenvalue weighted by Crippen LogP contribution is -2.46. The second kappa shape index (κ2) is 10.6. The Morgan fingerprint density at radius 2 is 1.54 bits per heavy atom. The van der Waals surface area contributed by atoms with Crippen molar-refractivity contribution >= 4 is 5.69 Å². The fourth-order valence-electron chi connectivity index (χ4n) is 7.13. The SMILES string of the molecule is CC(C)[C@H](c1ccc2c(c1)N(C)C(C1CCN(Cc3cc(C(F)(F)F)ccc3C(F)(F)F)CC1)CC2)C1CC1. The van der Waals surface area contributed by atoms with Crippen molar-refractivity contribution in [3.63, 3.8) is 0 Å². The van der Waals surface area contributed by atoms with E-state index in [2.05, 4.69) is 44.0 Å². The van der Waals surface area contributed by atoms with Crippen molar-refractivity contribution in [1.29, 1.82) is 0 Å². The summed E-state index contributed by atoms with van der Waals surface area (Å²) >= 11 is 0. The van der Waals surface area contributed by atoms with Crippen molar-refractivity contribution in [2.24, 2.45) is 17.8 Å². The number of anilines is 1. The molecule has 1 aliphatic carbocycles. The monoisotopic (exact) mass is 552 g/mol. The van der Waals surface area contributed by atoms with Gasteiger partial charge in [0.15, 0.2) is 0 Å². The molecular formula is C31H38F6N2. The van der Waals surface area contributed by atoms with Gasteiger partial charge in [-0.15, -0.1) is 0 Å². The van der Waals surface area contributed by atoms with Crippen LogP contribution in [0.15, 0.2) is 36.4 Å². The molecule has 1 saturated heterocycles. The Bertz CT molecular complexity index is 1160. The van der Waals surface area contributed by atoms with Crippen molar-refractivity contribution in [3.8, 4) is 0 Å². The number of likely N-dealkylation sites (tertiary alicyclic amines) is 1. The van der Waals surface area contributed by atoms with Crippen molar-refractivity contribution < 1.29 is 26.3 Å². The quantitative estimate of drug-likeness (QED) is 0.332. The van der Waals surface area contributed by atoms with Crippen molar-refractivity contribution in [3.05, 3.63) is 64.2 Å². The van der Waals surface area contributed by atoms with Crippen LogP contribution in [0.25, 0.3) is 0 Å². The standard InChI is InChI=1S/C31H38F6N2/c1-19(2)29(22-5-6-22)23-7-4-20-8-11-27(38(3)28(20)17-23)21-12-14-39(15-13-21)18-24-16-25(30(32,33)34)9-10-26(24)31(35,36)37/h4,7,9-10,16-17,19,21-22,27,29H,5-6,8,11-15,18H2,1-3H3/t27?,29-/m0/s1. The van der Waals surface area contributed by atoms with Crippen LogP contribution >= 0.6 is 0 Å². The average molecular weight is 553 g/mol. The highest BCUT2D eigenvalue weighted by Gasteiger charge is 2.39. The first-order valence-electron chi connectivity index (χ1n) is 14.2. The highest BCUT2D eigenvalue weighted by Crippen LogP contribution is 2.48. The molecule has 0 bridgehead atoms. The van der Waals surface area contributed by atoms with Crippen LogP contribution in [0.4, 0.5) is 32.0 Å². The normalized spacial score (nSPS) is 22.3. The molecule has 0 N–H and O–H groups in total. The van der Waals surface area contributed by atoms with E-state index < -0.39 is 23.5 Å². The first-order valence-corrected chi connectivity index (χ1v) is 14.2. The molecule has 39 heavy (non-hydrogen) atoms. The summed E-state index contributed by atoms with van der Waals surface area (Å²) in [6, 6.07) is 9.13. The zero-order valence-electron chi connectivity index (χ0n) is 22.9. The van der Waals surface area contributed by atoms with Crippen molar-refractivity contribution in [1.82, 2.24) is 4.90 Å². The Morgan fingerprint density at radius 1 is 0.846 bits per heavy atom. The van der Waals surface area contributed by atoms with Crippen LogP contribution < -0.4 is 4.90 Å². The number of nitrogens with zero attached hydrogens (tertiary/aromatic N) is 2. The summed E-state index contributed by atoms with van der Waals surface area (Å²) in [5.74, 6) is 2.37. The molecule has 2 heterocycles. The molecule has 8 heteroatoms. The maximum absolute atomic E-state index is 13.6. The third kappa shape index (κ3) is 6.10. The third-order valence-corrected chi connectivity index (χ3v) is 9.24. The molecule has 0 aromatic heterocycles. The van der Waals surface area contributed by atoms with E-state index in [-0.39, 0.29) is 12.1 Å². The van der Waals surface area contributed by atoms with E-state index >= 15 is 0 Å². The Morgan fingerprint density at radius 3 is 2.13 bits per heavy atom. The average Bonchev–Trinajstić information content (AvgIpc) is 3.69. The maximum atomic E-state index is 13.6. The lowest BCUT2D eigenvalue weighted by molar-refractivity contribution is -0.142. The van der Waals surface area contributed by atoms with Gasteiger partial charge in [-0.2, -0.15) is 26.3 Å². The van der Waals surface area contributed by atoms with E-state index in [0.29, 0.717) is 55.1 Å². The molecule has 2 atom stereocenters. The lowest BCUT2D eigenvalue weighted by atomic mass is 9.80. The van der Waals surface area contributed by atoms with Crippen LogP contribution in [0, 0.1) is 17.8 Å². The molecule has 2 aliphatic heterocycles. The minimum Gasteiger partial charge on any atom is -0.371 e. The number of halogens is 6. The summed E-state index contributed by atoms with van der Waals surface area (Å²) in [5.41, 5.74) is 1.78. The molecule has 3 aliphatic rings. The fraction of sp³-hybridized carbons (Fsp3) is 0.613. The van der Waals surface area contributed by atoms with Gasteiger partial charge in [0, 0.05) is 25.3 Å². The lowest BCUT2D eigenvalue weighted by Gasteiger charge is -2.44. The van der Waals surface area contributed by atoms with E-state index in [1.54, 1.807) is 0 Å². The number of fused-ring (bicyclic) bond motifs is 1. The van der Waals surface area contributed by atoms with Crippen molar-refractivity contribution in [2.75, 3.05) is 25.0 Å². The van der Waals surface area contributed by atoms with Gasteiger partial charge in [-0.25, -0.2) is 0 Å². The summed E-state index contributed by atoms with van der Waals surface area (Å²) in [6.45, 7) is 5.63. The number of benzene rings is 2. The molecule has 0 radical (unpaired) electrons. The summed E-state index contributed by atoms with van der Waals surface area (Å²) < 4.78 is 80.4. The predicted molar refractivity (Wildman–Crippen MR) is 142 cm³/mol. The van der Waals surface area contributed by atoms with Crippen LogP contribution in [0.5, 0.6) is 0 Å². The zero-order chi connectivity index (χ0) is 28.1. The van der Waals surface area contributed by atoms with Gasteiger partial charge in [0.25, 0.3) is 0 Å². The first-order chi connectivity index (χ1) is 18.3. The minimum absolute atomic E-state index is 0.129. The Kier molecular flexibility index (Phi) is 7.72. The largest absolute Gasteiger partial charge is 0.416 e. The fourth-order valence-corrected chi connectivity index (χ4v) is 7.13. The van der Waals surface area contributed by atoms with Gasteiger partial charge < -0.3 is 4.90 Å². The predicted octanol–water partition coefficient (Wildman–Crippen LogP) is 8.54. The molecule has 1 unspecified atom stereocenters. The molecule has 2 nitrogen and oxygen atoms in total. The van der Waals surface area contributed by atoms with Gasteiger partial charge in [0.2, 0.25) is 0 Å².